The molecule has 7 nitrogen and oxygen atoms in total. The predicted molar refractivity (Wildman–Crippen MR) is 106 cm³/mol. The van der Waals surface area contributed by atoms with Crippen molar-refractivity contribution >= 4 is 22.8 Å². The van der Waals surface area contributed by atoms with Crippen molar-refractivity contribution in [2.45, 2.75) is 59.0 Å². The Labute approximate surface area is 163 Å². The van der Waals surface area contributed by atoms with Gasteiger partial charge in [0, 0.05) is 30.0 Å². The number of carbonyl (C=O) groups is 2. The minimum Gasteiger partial charge on any atom is -0.481 e. The molecule has 0 fully saturated rings. The van der Waals surface area contributed by atoms with E-state index in [9.17, 15) is 14.4 Å². The molecule has 28 heavy (non-hydrogen) atoms. The first-order chi connectivity index (χ1) is 13.3. The van der Waals surface area contributed by atoms with E-state index < -0.39 is 17.7 Å². The lowest BCUT2D eigenvalue weighted by Crippen LogP contribution is -2.37. The second-order valence-corrected chi connectivity index (χ2v) is 6.81. The van der Waals surface area contributed by atoms with Crippen molar-refractivity contribution in [1.29, 1.82) is 0 Å². The number of aliphatic carboxylic acids is 1. The van der Waals surface area contributed by atoms with Gasteiger partial charge in [-0.05, 0) is 50.8 Å². The first-order valence-electron chi connectivity index (χ1n) is 9.56. The fourth-order valence-corrected chi connectivity index (χ4v) is 2.95. The van der Waals surface area contributed by atoms with Gasteiger partial charge in [0.05, 0.1) is 0 Å². The Kier molecular flexibility index (Phi) is 7.61. The van der Waals surface area contributed by atoms with E-state index in [0.29, 0.717) is 23.3 Å². The third kappa shape index (κ3) is 5.58. The molecular formula is C21H27NO6. The summed E-state index contributed by atoms with van der Waals surface area (Å²) >= 11 is 0. The zero-order chi connectivity index (χ0) is 20.7. The molecule has 1 amide bonds. The fraction of sp³-hybridized carbons (Fsp3) is 0.476. The van der Waals surface area contributed by atoms with Crippen molar-refractivity contribution in [3.8, 4) is 5.75 Å². The van der Waals surface area contributed by atoms with Gasteiger partial charge in [0.1, 0.15) is 11.3 Å². The first-order valence-corrected chi connectivity index (χ1v) is 9.56. The summed E-state index contributed by atoms with van der Waals surface area (Å²) in [7, 11) is 0. The topological polar surface area (TPSA) is 106 Å². The number of aryl methyl sites for hydroxylation is 2. The normalized spacial score (nSPS) is 12.0. The number of carboxylic acid groups (broad SMARTS) is 1. The van der Waals surface area contributed by atoms with Crippen LogP contribution in [0.5, 0.6) is 5.75 Å². The van der Waals surface area contributed by atoms with Gasteiger partial charge in [-0.3, -0.25) is 9.59 Å². The minimum atomic E-state index is -0.898. The van der Waals surface area contributed by atoms with Gasteiger partial charge in [0.25, 0.3) is 5.91 Å². The molecule has 0 spiro atoms. The molecule has 2 aromatic rings. The summed E-state index contributed by atoms with van der Waals surface area (Å²) < 4.78 is 11.2. The Balaban J connectivity index is 2.14. The SMILES string of the molecule is CCCCc1cc(=O)oc2c(C)c(OC(C)C(=O)NCCCC(=O)O)ccc12. The molecule has 1 aromatic carbocycles. The lowest BCUT2D eigenvalue weighted by Gasteiger charge is -2.17. The first kappa shape index (κ1) is 21.5. The number of rotatable bonds is 10. The lowest BCUT2D eigenvalue weighted by molar-refractivity contribution is -0.137. The van der Waals surface area contributed by atoms with Crippen LogP contribution < -0.4 is 15.7 Å². The maximum Gasteiger partial charge on any atom is 0.336 e. The van der Waals surface area contributed by atoms with Crippen molar-refractivity contribution in [3.63, 3.8) is 0 Å². The van der Waals surface area contributed by atoms with Crippen molar-refractivity contribution in [2.75, 3.05) is 6.54 Å². The van der Waals surface area contributed by atoms with Gasteiger partial charge < -0.3 is 19.6 Å². The zero-order valence-corrected chi connectivity index (χ0v) is 16.5. The predicted octanol–water partition coefficient (Wildman–Crippen LogP) is 3.19. The Morgan fingerprint density at radius 3 is 2.71 bits per heavy atom. The molecule has 0 radical (unpaired) electrons. The van der Waals surface area contributed by atoms with E-state index in [2.05, 4.69) is 12.2 Å². The van der Waals surface area contributed by atoms with Crippen LogP contribution in [0.3, 0.4) is 0 Å². The van der Waals surface area contributed by atoms with Crippen LogP contribution in [0.1, 0.15) is 50.7 Å². The number of amides is 1. The van der Waals surface area contributed by atoms with Crippen LogP contribution in [0, 0.1) is 6.92 Å². The average Bonchev–Trinajstić information content (AvgIpc) is 2.65. The highest BCUT2D eigenvalue weighted by molar-refractivity contribution is 5.85. The van der Waals surface area contributed by atoms with E-state index in [0.717, 1.165) is 30.2 Å². The smallest absolute Gasteiger partial charge is 0.336 e. The maximum absolute atomic E-state index is 12.1. The summed E-state index contributed by atoms with van der Waals surface area (Å²) in [6, 6.07) is 5.16. The molecule has 0 saturated carbocycles. The van der Waals surface area contributed by atoms with Gasteiger partial charge in [0.15, 0.2) is 6.10 Å². The molecule has 1 aromatic heterocycles. The van der Waals surface area contributed by atoms with Gasteiger partial charge in [-0.15, -0.1) is 0 Å². The molecule has 1 atom stereocenters. The Morgan fingerprint density at radius 1 is 1.29 bits per heavy atom. The van der Waals surface area contributed by atoms with Crippen LogP contribution in [0.25, 0.3) is 11.0 Å². The van der Waals surface area contributed by atoms with E-state index in [1.54, 1.807) is 19.9 Å². The molecular weight excluding hydrogens is 362 g/mol. The summed E-state index contributed by atoms with van der Waals surface area (Å²) in [5, 5.41) is 12.2. The van der Waals surface area contributed by atoms with E-state index in [4.69, 9.17) is 14.3 Å². The zero-order valence-electron chi connectivity index (χ0n) is 16.5. The quantitative estimate of drug-likeness (QED) is 0.477. The van der Waals surface area contributed by atoms with Crippen molar-refractivity contribution in [2.24, 2.45) is 0 Å². The number of carbonyl (C=O) groups excluding carboxylic acids is 1. The van der Waals surface area contributed by atoms with Crippen molar-refractivity contribution in [3.05, 3.63) is 39.7 Å². The highest BCUT2D eigenvalue weighted by atomic mass is 16.5. The molecule has 7 heteroatoms. The number of hydrogen-bond acceptors (Lipinski definition) is 5. The molecule has 0 aliphatic carbocycles. The second-order valence-electron chi connectivity index (χ2n) is 6.81. The average molecular weight is 389 g/mol. The highest BCUT2D eigenvalue weighted by Gasteiger charge is 2.18. The van der Waals surface area contributed by atoms with Gasteiger partial charge in [-0.2, -0.15) is 0 Å². The van der Waals surface area contributed by atoms with Crippen LogP contribution in [-0.2, 0) is 16.0 Å². The van der Waals surface area contributed by atoms with E-state index >= 15 is 0 Å². The Morgan fingerprint density at radius 2 is 2.04 bits per heavy atom. The van der Waals surface area contributed by atoms with Gasteiger partial charge >= 0.3 is 11.6 Å². The van der Waals surface area contributed by atoms with Crippen LogP contribution in [0.2, 0.25) is 0 Å². The highest BCUT2D eigenvalue weighted by Crippen LogP contribution is 2.29. The monoisotopic (exact) mass is 389 g/mol. The summed E-state index contributed by atoms with van der Waals surface area (Å²) in [5.74, 6) is -0.760. The summed E-state index contributed by atoms with van der Waals surface area (Å²) in [6.07, 6.45) is 2.40. The largest absolute Gasteiger partial charge is 0.481 e. The van der Waals surface area contributed by atoms with Gasteiger partial charge in [0.2, 0.25) is 0 Å². The number of unbranched alkanes of at least 4 members (excludes halogenated alkanes) is 1. The molecule has 0 saturated heterocycles. The fourth-order valence-electron chi connectivity index (χ4n) is 2.95. The summed E-state index contributed by atoms with van der Waals surface area (Å²) in [5.41, 5.74) is 1.69. The number of fused-ring (bicyclic) bond motifs is 1. The van der Waals surface area contributed by atoms with Crippen molar-refractivity contribution in [1.82, 2.24) is 5.32 Å². The second kappa shape index (κ2) is 9.92. The number of carboxylic acids is 1. The summed E-state index contributed by atoms with van der Waals surface area (Å²) in [6.45, 7) is 5.77. The van der Waals surface area contributed by atoms with Crippen LogP contribution in [-0.4, -0.2) is 29.6 Å². The van der Waals surface area contributed by atoms with Crippen LogP contribution in [0.15, 0.2) is 27.4 Å². The van der Waals surface area contributed by atoms with Gasteiger partial charge in [-0.25, -0.2) is 4.79 Å². The summed E-state index contributed by atoms with van der Waals surface area (Å²) in [4.78, 5) is 34.6. The third-order valence-corrected chi connectivity index (χ3v) is 4.54. The standard InChI is InChI=1S/C21H27NO6/c1-4-5-7-15-12-19(25)28-20-13(2)17(10-9-16(15)20)27-14(3)21(26)22-11-6-8-18(23)24/h9-10,12,14H,4-8,11H2,1-3H3,(H,22,26)(H,23,24). The molecule has 152 valence electrons. The van der Waals surface area contributed by atoms with Crippen LogP contribution >= 0.6 is 0 Å². The molecule has 2 rings (SSSR count). The minimum absolute atomic E-state index is 0.00129. The molecule has 1 unspecified atom stereocenters. The maximum atomic E-state index is 12.1. The lowest BCUT2D eigenvalue weighted by atomic mass is 10.0. The number of ether oxygens (including phenoxy) is 1. The Hall–Kier alpha value is -2.83. The van der Waals surface area contributed by atoms with E-state index in [-0.39, 0.29) is 18.9 Å². The van der Waals surface area contributed by atoms with E-state index in [1.165, 1.54) is 6.07 Å². The molecule has 2 N–H and O–H groups in total. The molecule has 0 aliphatic rings. The van der Waals surface area contributed by atoms with E-state index in [1.807, 2.05) is 6.07 Å². The van der Waals surface area contributed by atoms with Gasteiger partial charge in [-0.1, -0.05) is 13.3 Å². The molecule has 0 aliphatic heterocycles. The number of benzene rings is 1. The molecule has 0 bridgehead atoms. The van der Waals surface area contributed by atoms with Crippen LogP contribution in [0.4, 0.5) is 0 Å². The molecule has 1 heterocycles. The Bertz CT molecular complexity index is 902. The third-order valence-electron chi connectivity index (χ3n) is 4.54. The number of nitrogens with one attached hydrogen (secondary N) is 1. The number of hydrogen-bond donors (Lipinski definition) is 2. The van der Waals surface area contributed by atoms with Crippen molar-refractivity contribution < 1.29 is 23.8 Å².